The van der Waals surface area contributed by atoms with Crippen LogP contribution in [-0.4, -0.2) is 76.8 Å². The first kappa shape index (κ1) is 41.5. The molecule has 2 aromatic heterocycles. The molecule has 5 N–H and O–H groups in total. The SMILES string of the molecule is CN(C)CCCNc1cc(C2CC2)nc(NC(=O)Nc2ccc(OC(F)(F)F)cc2)n1.O=C(Nc1ccc(OC(F)(F)F)cc1)Nc1nc(Cl)cc(C2CC2)n1. The van der Waals surface area contributed by atoms with Crippen molar-refractivity contribution in [2.75, 3.05) is 53.8 Å². The molecule has 2 fully saturated rings. The topological polar surface area (TPSA) is 168 Å². The van der Waals surface area contributed by atoms with E-state index in [1.807, 2.05) is 20.2 Å². The Bertz CT molecular complexity index is 1950. The lowest BCUT2D eigenvalue weighted by Gasteiger charge is -2.13. The Hall–Kier alpha value is -5.63. The summed E-state index contributed by atoms with van der Waals surface area (Å²) in [7, 11) is 4.01. The van der Waals surface area contributed by atoms with Crippen LogP contribution in [0.4, 0.5) is 65.0 Å². The Morgan fingerprint density at radius 3 is 1.57 bits per heavy atom. The molecule has 21 heteroatoms. The third-order valence-electron chi connectivity index (χ3n) is 7.68. The van der Waals surface area contributed by atoms with Crippen molar-refractivity contribution in [2.24, 2.45) is 0 Å². The standard InChI is InChI=1S/C20H25F3N6O2.C15H12ClF3N4O2/c1-29(2)11-3-10-24-17-12-16(13-4-5-13)26-18(27-17)28-19(30)25-14-6-8-15(9-7-14)31-20(21,22)23;16-12-7-11(8-1-2-8)21-13(22-12)23-14(24)20-9-3-5-10(6-4-9)25-15(17,18)19/h6-9,12-13H,3-5,10-11H2,1-2H3,(H3,24,25,26,27,28,30);3-8H,1-2H2,(H2,20,21,22,23,24). The number of anilines is 5. The van der Waals surface area contributed by atoms with Crippen LogP contribution >= 0.6 is 11.6 Å². The number of nitrogens with one attached hydrogen (secondary N) is 5. The number of hydrogen-bond acceptors (Lipinski definition) is 10. The first-order valence-corrected chi connectivity index (χ1v) is 17.5. The second kappa shape index (κ2) is 18.3. The van der Waals surface area contributed by atoms with Crippen LogP contribution < -0.4 is 36.1 Å². The maximum atomic E-state index is 12.3. The highest BCUT2D eigenvalue weighted by molar-refractivity contribution is 6.29. The van der Waals surface area contributed by atoms with Gasteiger partial charge in [-0.15, -0.1) is 26.3 Å². The van der Waals surface area contributed by atoms with Crippen molar-refractivity contribution in [3.63, 3.8) is 0 Å². The second-order valence-corrected chi connectivity index (χ2v) is 13.3. The molecule has 56 heavy (non-hydrogen) atoms. The smallest absolute Gasteiger partial charge is 0.406 e. The van der Waals surface area contributed by atoms with Gasteiger partial charge in [-0.1, -0.05) is 11.6 Å². The summed E-state index contributed by atoms with van der Waals surface area (Å²) in [4.78, 5) is 43.2. The van der Waals surface area contributed by atoms with Crippen molar-refractivity contribution in [2.45, 2.75) is 56.7 Å². The number of rotatable bonds is 13. The van der Waals surface area contributed by atoms with Crippen LogP contribution in [0.1, 0.15) is 55.3 Å². The van der Waals surface area contributed by atoms with Crippen LogP contribution in [0.5, 0.6) is 11.5 Å². The lowest BCUT2D eigenvalue weighted by molar-refractivity contribution is -0.275. The Balaban J connectivity index is 0.000000219. The molecule has 4 amide bonds. The van der Waals surface area contributed by atoms with Gasteiger partial charge in [0.05, 0.1) is 11.4 Å². The largest absolute Gasteiger partial charge is 0.573 e. The summed E-state index contributed by atoms with van der Waals surface area (Å²) in [5, 5.41) is 13.5. The normalized spacial score (nSPS) is 13.9. The maximum Gasteiger partial charge on any atom is 0.573 e. The number of aromatic nitrogens is 4. The van der Waals surface area contributed by atoms with Gasteiger partial charge in [-0.05, 0) is 107 Å². The number of amides is 4. The number of urea groups is 2. The number of alkyl halides is 6. The average molecular weight is 811 g/mol. The minimum absolute atomic E-state index is 0.0592. The summed E-state index contributed by atoms with van der Waals surface area (Å²) in [5.74, 6) is 0.813. The van der Waals surface area contributed by atoms with Crippen LogP contribution in [0.3, 0.4) is 0 Å². The van der Waals surface area contributed by atoms with Crippen molar-refractivity contribution < 1.29 is 45.4 Å². The Kier molecular flexibility index (Phi) is 13.6. The average Bonchev–Trinajstić information content (AvgIpc) is 4.01. The molecule has 2 aliphatic carbocycles. The monoisotopic (exact) mass is 810 g/mol. The summed E-state index contributed by atoms with van der Waals surface area (Å²) in [6.07, 6.45) is -4.46. The van der Waals surface area contributed by atoms with Crippen molar-refractivity contribution in [3.8, 4) is 11.5 Å². The molecule has 0 unspecified atom stereocenters. The molecule has 0 aliphatic heterocycles. The Labute approximate surface area is 321 Å². The molecule has 2 aliphatic rings. The van der Waals surface area contributed by atoms with E-state index in [0.29, 0.717) is 23.3 Å². The molecule has 4 aromatic rings. The van der Waals surface area contributed by atoms with Gasteiger partial charge >= 0.3 is 24.8 Å². The van der Waals surface area contributed by atoms with Gasteiger partial charge in [0.2, 0.25) is 11.9 Å². The van der Waals surface area contributed by atoms with Gasteiger partial charge in [0.1, 0.15) is 22.5 Å². The lowest BCUT2D eigenvalue weighted by atomic mass is 10.2. The number of carbonyl (C=O) groups is 2. The zero-order chi connectivity index (χ0) is 40.5. The van der Waals surface area contributed by atoms with Crippen LogP contribution in [0.2, 0.25) is 5.15 Å². The molecule has 2 heterocycles. The van der Waals surface area contributed by atoms with Crippen molar-refractivity contribution in [3.05, 3.63) is 77.2 Å². The van der Waals surface area contributed by atoms with E-state index in [1.165, 1.54) is 24.3 Å². The second-order valence-electron chi connectivity index (χ2n) is 12.9. The molecule has 300 valence electrons. The van der Waals surface area contributed by atoms with Gasteiger partial charge in [0.15, 0.2) is 0 Å². The Morgan fingerprint density at radius 2 is 1.14 bits per heavy atom. The number of ether oxygens (including phenoxy) is 2. The van der Waals surface area contributed by atoms with E-state index in [1.54, 1.807) is 6.07 Å². The van der Waals surface area contributed by atoms with E-state index in [0.717, 1.165) is 80.8 Å². The number of benzene rings is 2. The highest BCUT2D eigenvalue weighted by Gasteiger charge is 2.32. The summed E-state index contributed by atoms with van der Waals surface area (Å²) in [5.41, 5.74) is 2.21. The minimum atomic E-state index is -4.77. The fourth-order valence-corrected chi connectivity index (χ4v) is 5.09. The highest BCUT2D eigenvalue weighted by Crippen LogP contribution is 2.40. The summed E-state index contributed by atoms with van der Waals surface area (Å²) >= 11 is 5.91. The first-order chi connectivity index (χ1) is 26.5. The van der Waals surface area contributed by atoms with Crippen molar-refractivity contribution in [1.82, 2.24) is 24.8 Å². The van der Waals surface area contributed by atoms with E-state index >= 15 is 0 Å². The van der Waals surface area contributed by atoms with Gasteiger partial charge in [-0.25, -0.2) is 24.5 Å². The molecule has 0 bridgehead atoms. The highest BCUT2D eigenvalue weighted by atomic mass is 35.5. The molecular formula is C35H37ClF6N10O4. The predicted octanol–water partition coefficient (Wildman–Crippen LogP) is 8.81. The van der Waals surface area contributed by atoms with Crippen LogP contribution in [0.25, 0.3) is 0 Å². The van der Waals surface area contributed by atoms with E-state index in [-0.39, 0.29) is 34.2 Å². The Morgan fingerprint density at radius 1 is 0.696 bits per heavy atom. The van der Waals surface area contributed by atoms with Crippen molar-refractivity contribution >= 4 is 52.8 Å². The van der Waals surface area contributed by atoms with Gasteiger partial charge in [0.25, 0.3) is 0 Å². The van der Waals surface area contributed by atoms with Crippen LogP contribution in [0.15, 0.2) is 60.7 Å². The van der Waals surface area contributed by atoms with Crippen molar-refractivity contribution in [1.29, 1.82) is 0 Å². The minimum Gasteiger partial charge on any atom is -0.406 e. The molecule has 6 rings (SSSR count). The van der Waals surface area contributed by atoms with Gasteiger partial charge in [-0.2, -0.15) is 4.98 Å². The number of hydrogen-bond donors (Lipinski definition) is 5. The fraction of sp³-hybridized carbons (Fsp3) is 0.371. The van der Waals surface area contributed by atoms with Crippen LogP contribution in [0, 0.1) is 0 Å². The van der Waals surface area contributed by atoms with E-state index < -0.39 is 24.8 Å². The third kappa shape index (κ3) is 14.9. The number of carbonyl (C=O) groups excluding carboxylic acids is 2. The fourth-order valence-electron chi connectivity index (χ4n) is 4.90. The summed E-state index contributed by atoms with van der Waals surface area (Å²) in [6, 6.07) is 11.9. The molecule has 2 aromatic carbocycles. The van der Waals surface area contributed by atoms with Gasteiger partial charge in [-0.3, -0.25) is 10.6 Å². The lowest BCUT2D eigenvalue weighted by Crippen LogP contribution is -2.22. The molecule has 2 saturated carbocycles. The third-order valence-corrected chi connectivity index (χ3v) is 7.88. The molecule has 0 spiro atoms. The number of nitrogens with zero attached hydrogens (tertiary/aromatic N) is 5. The quantitative estimate of drug-likeness (QED) is 0.0500. The summed E-state index contributed by atoms with van der Waals surface area (Å²) in [6.45, 7) is 1.67. The molecule has 14 nitrogen and oxygen atoms in total. The van der Waals surface area contributed by atoms with Gasteiger partial charge in [0, 0.05) is 35.8 Å². The first-order valence-electron chi connectivity index (χ1n) is 17.2. The zero-order valence-corrected chi connectivity index (χ0v) is 30.6. The van der Waals surface area contributed by atoms with Gasteiger partial charge < -0.3 is 30.3 Å². The zero-order valence-electron chi connectivity index (χ0n) is 29.9. The molecular weight excluding hydrogens is 774 g/mol. The predicted molar refractivity (Wildman–Crippen MR) is 196 cm³/mol. The van der Waals surface area contributed by atoms with E-state index in [9.17, 15) is 35.9 Å². The summed E-state index contributed by atoms with van der Waals surface area (Å²) < 4.78 is 80.5. The molecule has 0 radical (unpaired) electrons. The molecule has 0 saturated heterocycles. The molecule has 0 atom stereocenters. The van der Waals surface area contributed by atoms with Crippen LogP contribution in [-0.2, 0) is 0 Å². The maximum absolute atomic E-state index is 12.3. The van der Waals surface area contributed by atoms with E-state index in [4.69, 9.17) is 11.6 Å². The van der Waals surface area contributed by atoms with E-state index in [2.05, 4.69) is 60.9 Å². The number of halogens is 7.